The van der Waals surface area contributed by atoms with Crippen molar-refractivity contribution in [2.24, 2.45) is 23.7 Å². The number of carbonyl (C=O) groups excluding carboxylic acids is 1. The third-order valence-electron chi connectivity index (χ3n) is 4.16. The predicted octanol–water partition coefficient (Wildman–Crippen LogP) is 1.85. The summed E-state index contributed by atoms with van der Waals surface area (Å²) in [6, 6.07) is 6.24. The van der Waals surface area contributed by atoms with E-state index in [2.05, 4.69) is 5.32 Å². The molecule has 0 heterocycles. The molecule has 1 aromatic carbocycles. The van der Waals surface area contributed by atoms with Crippen LogP contribution in [0.15, 0.2) is 36.4 Å². The Balaban J connectivity index is 1.80. The number of carboxylic acids is 1. The number of hydrogen-bond donors (Lipinski definition) is 3. The van der Waals surface area contributed by atoms with E-state index in [1.165, 1.54) is 12.1 Å². The molecule has 5 heteroatoms. The number of nitrogens with one attached hydrogen (secondary N) is 1. The fourth-order valence-electron chi connectivity index (χ4n) is 3.33. The maximum atomic E-state index is 12.3. The first-order valence-corrected chi connectivity index (χ1v) is 6.57. The Kier molecular flexibility index (Phi) is 2.97. The Hall–Kier alpha value is -2.30. The lowest BCUT2D eigenvalue weighted by Gasteiger charge is -2.23. The Labute approximate surface area is 115 Å². The van der Waals surface area contributed by atoms with Gasteiger partial charge in [-0.15, -0.1) is 0 Å². The lowest BCUT2D eigenvalue weighted by atomic mass is 9.82. The molecule has 0 spiro atoms. The zero-order valence-corrected chi connectivity index (χ0v) is 10.7. The number of phenols is 1. The summed E-state index contributed by atoms with van der Waals surface area (Å²) in [5.74, 6) is -2.38. The Morgan fingerprint density at radius 1 is 1.15 bits per heavy atom. The summed E-state index contributed by atoms with van der Waals surface area (Å²) >= 11 is 0. The van der Waals surface area contributed by atoms with Crippen molar-refractivity contribution < 1.29 is 19.8 Å². The number of phenolic OH excluding ortho intramolecular Hbond substituents is 1. The fraction of sp³-hybridized carbons (Fsp3) is 0.333. The largest absolute Gasteiger partial charge is 0.508 e. The van der Waals surface area contributed by atoms with Gasteiger partial charge in [-0.2, -0.15) is 0 Å². The SMILES string of the molecule is O=C(O)[C@@H]1[C@@H](C(=O)Nc2cccc(O)c2)[C@H]2C=C[C@H]1C2. The summed E-state index contributed by atoms with van der Waals surface area (Å²) in [7, 11) is 0. The first-order chi connectivity index (χ1) is 9.56. The molecule has 0 unspecified atom stereocenters. The van der Waals surface area contributed by atoms with Crippen molar-refractivity contribution in [3.8, 4) is 5.75 Å². The van der Waals surface area contributed by atoms with E-state index in [4.69, 9.17) is 0 Å². The first kappa shape index (κ1) is 12.7. The topological polar surface area (TPSA) is 86.6 Å². The molecule has 1 saturated carbocycles. The van der Waals surface area contributed by atoms with Crippen molar-refractivity contribution in [1.82, 2.24) is 0 Å². The number of anilines is 1. The summed E-state index contributed by atoms with van der Waals surface area (Å²) in [4.78, 5) is 23.7. The van der Waals surface area contributed by atoms with Gasteiger partial charge in [-0.25, -0.2) is 0 Å². The molecule has 0 aromatic heterocycles. The molecule has 0 radical (unpaired) electrons. The zero-order chi connectivity index (χ0) is 14.3. The van der Waals surface area contributed by atoms with Crippen LogP contribution in [0.1, 0.15) is 6.42 Å². The summed E-state index contributed by atoms with van der Waals surface area (Å²) in [6.45, 7) is 0. The second-order valence-corrected chi connectivity index (χ2v) is 5.38. The third-order valence-corrected chi connectivity index (χ3v) is 4.16. The predicted molar refractivity (Wildman–Crippen MR) is 72.1 cm³/mol. The number of carboxylic acid groups (broad SMARTS) is 1. The van der Waals surface area contributed by atoms with Gasteiger partial charge in [0, 0.05) is 11.8 Å². The quantitative estimate of drug-likeness (QED) is 0.733. The van der Waals surface area contributed by atoms with E-state index in [1.54, 1.807) is 12.1 Å². The number of rotatable bonds is 3. The highest BCUT2D eigenvalue weighted by Gasteiger charge is 2.51. The molecular formula is C15H15NO4. The van der Waals surface area contributed by atoms with Crippen LogP contribution >= 0.6 is 0 Å². The molecule has 2 aliphatic rings. The van der Waals surface area contributed by atoms with Gasteiger partial charge >= 0.3 is 5.97 Å². The summed E-state index contributed by atoms with van der Waals surface area (Å²) in [5, 5.41) is 21.4. The normalized spacial score (nSPS) is 30.4. The maximum absolute atomic E-state index is 12.3. The molecule has 0 aliphatic heterocycles. The average molecular weight is 273 g/mol. The number of benzene rings is 1. The van der Waals surface area contributed by atoms with Crippen LogP contribution in [0.25, 0.3) is 0 Å². The van der Waals surface area contributed by atoms with E-state index in [-0.39, 0.29) is 23.5 Å². The van der Waals surface area contributed by atoms with Crippen LogP contribution in [0.2, 0.25) is 0 Å². The Morgan fingerprint density at radius 3 is 2.50 bits per heavy atom. The van der Waals surface area contributed by atoms with Gasteiger partial charge in [0.15, 0.2) is 0 Å². The van der Waals surface area contributed by atoms with Gasteiger partial charge in [0.25, 0.3) is 0 Å². The molecule has 1 amide bonds. The summed E-state index contributed by atoms with van der Waals surface area (Å²) < 4.78 is 0. The minimum Gasteiger partial charge on any atom is -0.508 e. The number of fused-ring (bicyclic) bond motifs is 2. The monoisotopic (exact) mass is 273 g/mol. The maximum Gasteiger partial charge on any atom is 0.307 e. The van der Waals surface area contributed by atoms with Gasteiger partial charge in [-0.1, -0.05) is 18.2 Å². The summed E-state index contributed by atoms with van der Waals surface area (Å²) in [6.07, 6.45) is 4.58. The molecule has 2 bridgehead atoms. The smallest absolute Gasteiger partial charge is 0.307 e. The zero-order valence-electron chi connectivity index (χ0n) is 10.7. The van der Waals surface area contributed by atoms with E-state index in [1.807, 2.05) is 12.2 Å². The lowest BCUT2D eigenvalue weighted by Crippen LogP contribution is -2.36. The van der Waals surface area contributed by atoms with Crippen LogP contribution in [-0.2, 0) is 9.59 Å². The van der Waals surface area contributed by atoms with Crippen LogP contribution in [0.3, 0.4) is 0 Å². The van der Waals surface area contributed by atoms with Crippen LogP contribution in [-0.4, -0.2) is 22.1 Å². The molecule has 2 aliphatic carbocycles. The Morgan fingerprint density at radius 2 is 1.85 bits per heavy atom. The van der Waals surface area contributed by atoms with Gasteiger partial charge in [0.1, 0.15) is 5.75 Å². The van der Waals surface area contributed by atoms with Gasteiger partial charge in [-0.05, 0) is 30.4 Å². The lowest BCUT2D eigenvalue weighted by molar-refractivity contribution is -0.146. The second kappa shape index (κ2) is 4.67. The van der Waals surface area contributed by atoms with E-state index >= 15 is 0 Å². The number of allylic oxidation sites excluding steroid dienone is 2. The van der Waals surface area contributed by atoms with E-state index in [0.29, 0.717) is 5.69 Å². The van der Waals surface area contributed by atoms with Gasteiger partial charge < -0.3 is 15.5 Å². The fourth-order valence-corrected chi connectivity index (χ4v) is 3.33. The first-order valence-electron chi connectivity index (χ1n) is 6.57. The van der Waals surface area contributed by atoms with E-state index < -0.39 is 17.8 Å². The molecule has 5 nitrogen and oxygen atoms in total. The molecule has 104 valence electrons. The number of carbonyl (C=O) groups is 2. The van der Waals surface area contributed by atoms with E-state index in [0.717, 1.165) is 6.42 Å². The molecule has 3 rings (SSSR count). The van der Waals surface area contributed by atoms with Crippen molar-refractivity contribution in [2.75, 3.05) is 5.32 Å². The highest BCUT2D eigenvalue weighted by molar-refractivity contribution is 5.96. The molecule has 1 aromatic rings. The highest BCUT2D eigenvalue weighted by atomic mass is 16.4. The van der Waals surface area contributed by atoms with Crippen LogP contribution in [0.4, 0.5) is 5.69 Å². The van der Waals surface area contributed by atoms with Crippen LogP contribution in [0.5, 0.6) is 5.75 Å². The van der Waals surface area contributed by atoms with Crippen LogP contribution in [0, 0.1) is 23.7 Å². The molecular weight excluding hydrogens is 258 g/mol. The number of aliphatic carboxylic acids is 1. The second-order valence-electron chi connectivity index (χ2n) is 5.38. The van der Waals surface area contributed by atoms with Crippen molar-refractivity contribution in [3.63, 3.8) is 0 Å². The third kappa shape index (κ3) is 2.05. The van der Waals surface area contributed by atoms with Crippen molar-refractivity contribution in [2.45, 2.75) is 6.42 Å². The van der Waals surface area contributed by atoms with Gasteiger partial charge in [0.2, 0.25) is 5.91 Å². The van der Waals surface area contributed by atoms with Crippen molar-refractivity contribution in [1.29, 1.82) is 0 Å². The van der Waals surface area contributed by atoms with Gasteiger partial charge in [0.05, 0.1) is 11.8 Å². The molecule has 20 heavy (non-hydrogen) atoms. The van der Waals surface area contributed by atoms with E-state index in [9.17, 15) is 19.8 Å². The highest BCUT2D eigenvalue weighted by Crippen LogP contribution is 2.48. The number of hydrogen-bond acceptors (Lipinski definition) is 3. The van der Waals surface area contributed by atoms with Crippen molar-refractivity contribution in [3.05, 3.63) is 36.4 Å². The molecule has 4 atom stereocenters. The molecule has 3 N–H and O–H groups in total. The Bertz CT molecular complexity index is 595. The molecule has 1 fully saturated rings. The number of aromatic hydroxyl groups is 1. The minimum absolute atomic E-state index is 0.00147. The summed E-state index contributed by atoms with van der Waals surface area (Å²) in [5.41, 5.74) is 0.478. The minimum atomic E-state index is -0.919. The standard InChI is InChI=1S/C15H15NO4/c17-11-3-1-2-10(7-11)16-14(18)12-8-4-5-9(6-8)13(12)15(19)20/h1-5,7-9,12-13,17H,6H2,(H,16,18)(H,19,20)/t8-,9-,12-,13-/m0/s1. The average Bonchev–Trinajstić information content (AvgIpc) is 2.98. The van der Waals surface area contributed by atoms with Crippen molar-refractivity contribution >= 4 is 17.6 Å². The molecule has 0 saturated heterocycles. The van der Waals surface area contributed by atoms with Crippen LogP contribution < -0.4 is 5.32 Å². The van der Waals surface area contributed by atoms with Gasteiger partial charge in [-0.3, -0.25) is 9.59 Å². The number of amides is 1.